The standard InChI is InChI=1S/C18H18N2O4/c1-3-24-16-9-13(8-15(21)10-16)17(18(22)23-2)20-14-6-4-12(11-19)5-7-14/h4-10,17,20-21H,3H2,1-2H3. The molecule has 6 heteroatoms. The Kier molecular flexibility index (Phi) is 5.63. The SMILES string of the molecule is CCOc1cc(O)cc(C(Nc2ccc(C#N)cc2)C(=O)OC)c1. The van der Waals surface area contributed by atoms with Crippen LogP contribution in [0.3, 0.4) is 0 Å². The molecule has 0 spiro atoms. The van der Waals surface area contributed by atoms with Crippen LogP contribution >= 0.6 is 0 Å². The van der Waals surface area contributed by atoms with E-state index in [1.54, 1.807) is 30.3 Å². The zero-order chi connectivity index (χ0) is 17.5. The van der Waals surface area contributed by atoms with Crippen molar-refractivity contribution in [3.05, 3.63) is 53.6 Å². The fraction of sp³-hybridized carbons (Fsp3) is 0.222. The highest BCUT2D eigenvalue weighted by atomic mass is 16.5. The van der Waals surface area contributed by atoms with Gasteiger partial charge in [0.2, 0.25) is 0 Å². The van der Waals surface area contributed by atoms with Gasteiger partial charge in [-0.15, -0.1) is 0 Å². The number of phenolic OH excluding ortho intramolecular Hbond substituents is 1. The summed E-state index contributed by atoms with van der Waals surface area (Å²) in [7, 11) is 1.29. The summed E-state index contributed by atoms with van der Waals surface area (Å²) in [6, 6.07) is 12.5. The van der Waals surface area contributed by atoms with E-state index in [4.69, 9.17) is 14.7 Å². The van der Waals surface area contributed by atoms with Crippen molar-refractivity contribution in [1.29, 1.82) is 5.26 Å². The number of hydrogen-bond donors (Lipinski definition) is 2. The van der Waals surface area contributed by atoms with Crippen LogP contribution in [0.15, 0.2) is 42.5 Å². The molecule has 0 bridgehead atoms. The molecule has 0 aliphatic carbocycles. The van der Waals surface area contributed by atoms with Crippen LogP contribution in [0.25, 0.3) is 0 Å². The normalized spacial score (nSPS) is 11.2. The van der Waals surface area contributed by atoms with Gasteiger partial charge in [-0.05, 0) is 48.9 Å². The van der Waals surface area contributed by atoms with E-state index in [1.807, 2.05) is 13.0 Å². The third kappa shape index (κ3) is 4.17. The zero-order valence-corrected chi connectivity index (χ0v) is 13.4. The number of methoxy groups -OCH3 is 1. The summed E-state index contributed by atoms with van der Waals surface area (Å²) in [5, 5.41) is 21.7. The van der Waals surface area contributed by atoms with E-state index in [-0.39, 0.29) is 5.75 Å². The fourth-order valence-corrected chi connectivity index (χ4v) is 2.23. The Morgan fingerprint density at radius 3 is 2.58 bits per heavy atom. The van der Waals surface area contributed by atoms with Crippen LogP contribution in [0.2, 0.25) is 0 Å². The van der Waals surface area contributed by atoms with E-state index in [0.717, 1.165) is 0 Å². The molecule has 1 atom stereocenters. The molecule has 2 N–H and O–H groups in total. The molecule has 6 nitrogen and oxygen atoms in total. The first-order valence-electron chi connectivity index (χ1n) is 7.38. The summed E-state index contributed by atoms with van der Waals surface area (Å²) >= 11 is 0. The number of nitrogens with one attached hydrogen (secondary N) is 1. The van der Waals surface area contributed by atoms with Gasteiger partial charge in [0.05, 0.1) is 25.3 Å². The average molecular weight is 326 g/mol. The molecule has 0 radical (unpaired) electrons. The van der Waals surface area contributed by atoms with Crippen molar-refractivity contribution in [1.82, 2.24) is 0 Å². The molecule has 1 unspecified atom stereocenters. The van der Waals surface area contributed by atoms with E-state index in [2.05, 4.69) is 5.32 Å². The second-order valence-corrected chi connectivity index (χ2v) is 4.98. The lowest BCUT2D eigenvalue weighted by molar-refractivity contribution is -0.141. The highest BCUT2D eigenvalue weighted by Gasteiger charge is 2.23. The molecule has 0 aliphatic rings. The van der Waals surface area contributed by atoms with Crippen molar-refractivity contribution in [3.8, 4) is 17.6 Å². The monoisotopic (exact) mass is 326 g/mol. The summed E-state index contributed by atoms with van der Waals surface area (Å²) in [5.74, 6) is -0.0538. The minimum Gasteiger partial charge on any atom is -0.508 e. The minimum atomic E-state index is -0.825. The predicted octanol–water partition coefficient (Wildman–Crippen LogP) is 2.99. The lowest BCUT2D eigenvalue weighted by Crippen LogP contribution is -2.22. The second kappa shape index (κ2) is 7.88. The second-order valence-electron chi connectivity index (χ2n) is 4.98. The molecule has 124 valence electrons. The van der Waals surface area contributed by atoms with Gasteiger partial charge >= 0.3 is 5.97 Å². The van der Waals surface area contributed by atoms with Gasteiger partial charge in [-0.25, -0.2) is 4.79 Å². The first-order valence-corrected chi connectivity index (χ1v) is 7.38. The van der Waals surface area contributed by atoms with Crippen molar-refractivity contribution < 1.29 is 19.4 Å². The molecule has 2 rings (SSSR count). The highest BCUT2D eigenvalue weighted by Crippen LogP contribution is 2.29. The van der Waals surface area contributed by atoms with Crippen LogP contribution in [-0.2, 0) is 9.53 Å². The Labute approximate surface area is 140 Å². The van der Waals surface area contributed by atoms with Crippen molar-refractivity contribution in [2.24, 2.45) is 0 Å². The number of benzene rings is 2. The summed E-state index contributed by atoms with van der Waals surface area (Å²) in [4.78, 5) is 12.2. The van der Waals surface area contributed by atoms with Gasteiger partial charge in [-0.2, -0.15) is 5.26 Å². The van der Waals surface area contributed by atoms with Crippen LogP contribution in [-0.4, -0.2) is 24.8 Å². The number of aromatic hydroxyl groups is 1. The van der Waals surface area contributed by atoms with Crippen molar-refractivity contribution >= 4 is 11.7 Å². The highest BCUT2D eigenvalue weighted by molar-refractivity contribution is 5.81. The molecule has 0 aromatic heterocycles. The number of nitriles is 1. The lowest BCUT2D eigenvalue weighted by atomic mass is 10.1. The molecule has 2 aromatic carbocycles. The Hall–Kier alpha value is -3.20. The van der Waals surface area contributed by atoms with Gasteiger partial charge < -0.3 is 19.9 Å². The number of rotatable bonds is 6. The van der Waals surface area contributed by atoms with E-state index in [1.165, 1.54) is 19.2 Å². The van der Waals surface area contributed by atoms with Gasteiger partial charge in [0.1, 0.15) is 11.5 Å². The molecule has 0 saturated carbocycles. The number of phenols is 1. The van der Waals surface area contributed by atoms with Gasteiger partial charge in [-0.1, -0.05) is 0 Å². The number of hydrogen-bond acceptors (Lipinski definition) is 6. The fourth-order valence-electron chi connectivity index (χ4n) is 2.23. The number of nitrogens with zero attached hydrogens (tertiary/aromatic N) is 1. The number of esters is 1. The van der Waals surface area contributed by atoms with Gasteiger partial charge in [0, 0.05) is 11.8 Å². The summed E-state index contributed by atoms with van der Waals surface area (Å²) in [6.07, 6.45) is 0. The van der Waals surface area contributed by atoms with Gasteiger partial charge in [0.25, 0.3) is 0 Å². The smallest absolute Gasteiger partial charge is 0.332 e. The minimum absolute atomic E-state index is 0.00789. The van der Waals surface area contributed by atoms with E-state index < -0.39 is 12.0 Å². The maximum absolute atomic E-state index is 12.2. The molecule has 0 saturated heterocycles. The topological polar surface area (TPSA) is 91.6 Å². The van der Waals surface area contributed by atoms with E-state index >= 15 is 0 Å². The Morgan fingerprint density at radius 1 is 1.29 bits per heavy atom. The van der Waals surface area contributed by atoms with Crippen LogP contribution < -0.4 is 10.1 Å². The maximum atomic E-state index is 12.2. The summed E-state index contributed by atoms with van der Waals surface area (Å²) in [5.41, 5.74) is 1.67. The van der Waals surface area contributed by atoms with Gasteiger partial charge in [0.15, 0.2) is 6.04 Å². The predicted molar refractivity (Wildman–Crippen MR) is 88.8 cm³/mol. The lowest BCUT2D eigenvalue weighted by Gasteiger charge is -2.19. The Morgan fingerprint density at radius 2 is 2.00 bits per heavy atom. The molecule has 0 amide bonds. The zero-order valence-electron chi connectivity index (χ0n) is 13.4. The number of ether oxygens (including phenoxy) is 2. The number of anilines is 1. The van der Waals surface area contributed by atoms with Gasteiger partial charge in [-0.3, -0.25) is 0 Å². The van der Waals surface area contributed by atoms with Crippen LogP contribution in [0.4, 0.5) is 5.69 Å². The molecule has 24 heavy (non-hydrogen) atoms. The largest absolute Gasteiger partial charge is 0.508 e. The first-order chi connectivity index (χ1) is 11.6. The molecular weight excluding hydrogens is 308 g/mol. The van der Waals surface area contributed by atoms with Crippen LogP contribution in [0, 0.1) is 11.3 Å². The van der Waals surface area contributed by atoms with Crippen LogP contribution in [0.5, 0.6) is 11.5 Å². The summed E-state index contributed by atoms with van der Waals surface area (Å²) < 4.78 is 10.2. The molecule has 0 fully saturated rings. The molecular formula is C18H18N2O4. The van der Waals surface area contributed by atoms with E-state index in [9.17, 15) is 9.90 Å². The average Bonchev–Trinajstić information content (AvgIpc) is 2.59. The number of carbonyl (C=O) groups excluding carboxylic acids is 1. The third-order valence-corrected chi connectivity index (χ3v) is 3.32. The van der Waals surface area contributed by atoms with Crippen LogP contribution in [0.1, 0.15) is 24.1 Å². The van der Waals surface area contributed by atoms with E-state index in [0.29, 0.717) is 29.2 Å². The quantitative estimate of drug-likeness (QED) is 0.793. The van der Waals surface area contributed by atoms with Crippen molar-refractivity contribution in [2.75, 3.05) is 19.0 Å². The van der Waals surface area contributed by atoms with Crippen molar-refractivity contribution in [2.45, 2.75) is 13.0 Å². The first kappa shape index (κ1) is 17.2. The number of carbonyl (C=O) groups is 1. The van der Waals surface area contributed by atoms with Crippen molar-refractivity contribution in [3.63, 3.8) is 0 Å². The Bertz CT molecular complexity index is 751. The molecule has 2 aromatic rings. The molecule has 0 heterocycles. The third-order valence-electron chi connectivity index (χ3n) is 3.32. The summed E-state index contributed by atoms with van der Waals surface area (Å²) in [6.45, 7) is 2.27. The maximum Gasteiger partial charge on any atom is 0.332 e. The Balaban J connectivity index is 2.34. The molecule has 0 aliphatic heterocycles.